The molecular formula is C20H24N6O2. The van der Waals surface area contributed by atoms with Crippen molar-refractivity contribution in [3.63, 3.8) is 0 Å². The van der Waals surface area contributed by atoms with E-state index in [1.165, 1.54) is 7.11 Å². The van der Waals surface area contributed by atoms with Gasteiger partial charge in [-0.3, -0.25) is 10.3 Å². The van der Waals surface area contributed by atoms with Crippen molar-refractivity contribution in [2.45, 2.75) is 26.7 Å². The number of benzene rings is 1. The van der Waals surface area contributed by atoms with E-state index in [1.54, 1.807) is 12.4 Å². The van der Waals surface area contributed by atoms with Crippen molar-refractivity contribution in [3.8, 4) is 11.1 Å². The van der Waals surface area contributed by atoms with Gasteiger partial charge in [-0.1, -0.05) is 24.6 Å². The molecule has 0 saturated heterocycles. The van der Waals surface area contributed by atoms with Gasteiger partial charge >= 0.3 is 6.03 Å². The molecule has 3 rings (SSSR count). The number of pyridine rings is 1. The molecule has 0 spiro atoms. The molecule has 0 atom stereocenters. The fraction of sp³-hybridized carbons (Fsp3) is 0.300. The zero-order valence-electron chi connectivity index (χ0n) is 16.2. The fourth-order valence-electron chi connectivity index (χ4n) is 2.99. The molecule has 2 heterocycles. The Labute approximate surface area is 163 Å². The summed E-state index contributed by atoms with van der Waals surface area (Å²) in [7, 11) is 1.53. The smallest absolute Gasteiger partial charge is 0.321 e. The van der Waals surface area contributed by atoms with Crippen molar-refractivity contribution in [3.05, 3.63) is 42.2 Å². The molecule has 0 radical (unpaired) electrons. The molecule has 28 heavy (non-hydrogen) atoms. The zero-order chi connectivity index (χ0) is 19.9. The van der Waals surface area contributed by atoms with E-state index >= 15 is 0 Å². The van der Waals surface area contributed by atoms with Gasteiger partial charge in [-0.25, -0.2) is 9.78 Å². The van der Waals surface area contributed by atoms with E-state index in [9.17, 15) is 4.79 Å². The molecule has 2 amide bonds. The number of imidazole rings is 1. The Hall–Kier alpha value is -3.42. The number of anilines is 1. The molecule has 0 unspecified atom stereocenters. The molecule has 0 aliphatic heterocycles. The van der Waals surface area contributed by atoms with Gasteiger partial charge < -0.3 is 15.1 Å². The van der Waals surface area contributed by atoms with Crippen LogP contribution in [0, 0.1) is 0 Å². The van der Waals surface area contributed by atoms with Crippen LogP contribution in [-0.2, 0) is 4.84 Å². The van der Waals surface area contributed by atoms with Gasteiger partial charge in [-0.05, 0) is 37.1 Å². The predicted molar refractivity (Wildman–Crippen MR) is 110 cm³/mol. The second kappa shape index (κ2) is 8.98. The normalized spacial score (nSPS) is 11.5. The van der Waals surface area contributed by atoms with Gasteiger partial charge in [0.15, 0.2) is 0 Å². The van der Waals surface area contributed by atoms with Crippen molar-refractivity contribution in [1.82, 2.24) is 20.3 Å². The van der Waals surface area contributed by atoms with Crippen LogP contribution in [0.4, 0.5) is 10.7 Å². The average Bonchev–Trinajstić information content (AvgIpc) is 3.10. The lowest BCUT2D eigenvalue weighted by Gasteiger charge is -2.09. The number of amides is 2. The van der Waals surface area contributed by atoms with E-state index in [4.69, 9.17) is 4.84 Å². The van der Waals surface area contributed by atoms with Gasteiger partial charge in [0.25, 0.3) is 0 Å². The molecule has 0 saturated carbocycles. The van der Waals surface area contributed by atoms with Gasteiger partial charge in [-0.15, -0.1) is 0 Å². The van der Waals surface area contributed by atoms with Gasteiger partial charge in [0.2, 0.25) is 5.95 Å². The number of rotatable bonds is 7. The van der Waals surface area contributed by atoms with Crippen LogP contribution in [-0.4, -0.2) is 40.3 Å². The Balaban J connectivity index is 2.14. The Morgan fingerprint density at radius 3 is 2.82 bits per heavy atom. The van der Waals surface area contributed by atoms with Gasteiger partial charge in [0, 0.05) is 30.1 Å². The van der Waals surface area contributed by atoms with E-state index in [0.29, 0.717) is 12.5 Å². The lowest BCUT2D eigenvalue weighted by atomic mass is 9.98. The van der Waals surface area contributed by atoms with E-state index in [-0.39, 0.29) is 6.03 Å². The number of carbonyl (C=O) groups excluding carboxylic acids is 1. The first kappa shape index (κ1) is 19.3. The van der Waals surface area contributed by atoms with Crippen LogP contribution in [0.1, 0.15) is 32.3 Å². The Bertz CT molecular complexity index is 981. The number of hydrogen-bond acceptors (Lipinski definition) is 5. The number of H-pyrrole nitrogens is 1. The minimum absolute atomic E-state index is 0.310. The number of aromatic nitrogens is 3. The Kier molecular flexibility index (Phi) is 6.21. The van der Waals surface area contributed by atoms with Crippen molar-refractivity contribution < 1.29 is 9.63 Å². The molecule has 1 aromatic carbocycles. The zero-order valence-corrected chi connectivity index (χ0v) is 16.2. The van der Waals surface area contributed by atoms with Crippen molar-refractivity contribution in [2.75, 3.05) is 19.0 Å². The Morgan fingerprint density at radius 1 is 1.29 bits per heavy atom. The average molecular weight is 380 g/mol. The monoisotopic (exact) mass is 380 g/mol. The van der Waals surface area contributed by atoms with Crippen LogP contribution in [0.2, 0.25) is 0 Å². The maximum absolute atomic E-state index is 11.9. The number of hydrogen-bond donors (Lipinski definition) is 3. The minimum Gasteiger partial charge on any atom is -0.399 e. The summed E-state index contributed by atoms with van der Waals surface area (Å²) in [5.41, 5.74) is 5.16. The number of oxime groups is 1. The van der Waals surface area contributed by atoms with Crippen LogP contribution in [0.5, 0.6) is 0 Å². The van der Waals surface area contributed by atoms with Gasteiger partial charge in [0.05, 0.1) is 16.7 Å². The highest BCUT2D eigenvalue weighted by Gasteiger charge is 2.16. The van der Waals surface area contributed by atoms with E-state index in [1.807, 2.05) is 31.2 Å². The van der Waals surface area contributed by atoms with Crippen molar-refractivity contribution in [1.29, 1.82) is 0 Å². The topological polar surface area (TPSA) is 104 Å². The third-order valence-corrected chi connectivity index (χ3v) is 4.16. The molecule has 146 valence electrons. The molecule has 3 aromatic rings. The molecular weight excluding hydrogens is 356 g/mol. The second-order valence-corrected chi connectivity index (χ2v) is 6.20. The molecule has 0 bridgehead atoms. The lowest BCUT2D eigenvalue weighted by molar-refractivity contribution is 0.213. The molecule has 8 heteroatoms. The Morgan fingerprint density at radius 2 is 2.14 bits per heavy atom. The maximum atomic E-state index is 11.9. The quantitative estimate of drug-likeness (QED) is 0.427. The van der Waals surface area contributed by atoms with E-state index in [2.05, 4.69) is 37.7 Å². The number of aromatic amines is 1. The summed E-state index contributed by atoms with van der Waals surface area (Å²) in [6.45, 7) is 4.47. The summed E-state index contributed by atoms with van der Waals surface area (Å²) < 4.78 is 0. The summed E-state index contributed by atoms with van der Waals surface area (Å²) in [4.78, 5) is 28.9. The fourth-order valence-corrected chi connectivity index (χ4v) is 2.99. The van der Waals surface area contributed by atoms with Gasteiger partial charge in [0.1, 0.15) is 7.11 Å². The van der Waals surface area contributed by atoms with Crippen molar-refractivity contribution >= 4 is 28.7 Å². The van der Waals surface area contributed by atoms with Crippen molar-refractivity contribution in [2.24, 2.45) is 5.16 Å². The third-order valence-electron chi connectivity index (χ3n) is 4.16. The highest BCUT2D eigenvalue weighted by Crippen LogP contribution is 2.28. The first-order chi connectivity index (χ1) is 13.7. The molecule has 3 N–H and O–H groups in total. The van der Waals surface area contributed by atoms with Gasteiger partial charge in [-0.2, -0.15) is 0 Å². The standard InChI is InChI=1S/C20H24N6O2/c1-4-7-16(26-28-3)15-10-14(13-8-6-9-21-12-13)11-17-18(15)24-19(23-17)25-20(27)22-5-2/h6,8-12H,4-5,7H2,1-3H3,(H3,22,23,24,25,27)/b26-16+. The lowest BCUT2D eigenvalue weighted by Crippen LogP contribution is -2.28. The van der Waals surface area contributed by atoms with Crippen LogP contribution in [0.3, 0.4) is 0 Å². The number of urea groups is 1. The van der Waals surface area contributed by atoms with E-state index in [0.717, 1.165) is 46.3 Å². The summed E-state index contributed by atoms with van der Waals surface area (Å²) in [6, 6.07) is 7.58. The van der Waals surface area contributed by atoms with Crippen LogP contribution < -0.4 is 10.6 Å². The third kappa shape index (κ3) is 4.28. The first-order valence-electron chi connectivity index (χ1n) is 9.25. The first-order valence-corrected chi connectivity index (χ1v) is 9.25. The highest BCUT2D eigenvalue weighted by molar-refractivity contribution is 6.11. The minimum atomic E-state index is -0.310. The summed E-state index contributed by atoms with van der Waals surface area (Å²) >= 11 is 0. The maximum Gasteiger partial charge on any atom is 0.321 e. The molecule has 2 aromatic heterocycles. The highest BCUT2D eigenvalue weighted by atomic mass is 16.6. The van der Waals surface area contributed by atoms with Crippen LogP contribution >= 0.6 is 0 Å². The van der Waals surface area contributed by atoms with Crippen LogP contribution in [0.15, 0.2) is 41.8 Å². The number of nitrogens with zero attached hydrogens (tertiary/aromatic N) is 3. The molecule has 0 fully saturated rings. The molecule has 8 nitrogen and oxygen atoms in total. The second-order valence-electron chi connectivity index (χ2n) is 6.20. The number of nitrogens with one attached hydrogen (secondary N) is 3. The number of carbonyl (C=O) groups is 1. The summed E-state index contributed by atoms with van der Waals surface area (Å²) in [5.74, 6) is 0.374. The van der Waals surface area contributed by atoms with Crippen LogP contribution in [0.25, 0.3) is 22.2 Å². The molecule has 0 aliphatic carbocycles. The SMILES string of the molecule is CCC/C(=N\OC)c1cc(-c2cccnc2)cc2nc(NC(=O)NCC)[nH]c12. The van der Waals surface area contributed by atoms with E-state index < -0.39 is 0 Å². The predicted octanol–water partition coefficient (Wildman–Crippen LogP) is 3.92. The number of fused-ring (bicyclic) bond motifs is 1. The summed E-state index contributed by atoms with van der Waals surface area (Å²) in [6.07, 6.45) is 5.20. The largest absolute Gasteiger partial charge is 0.399 e. The summed E-state index contributed by atoms with van der Waals surface area (Å²) in [5, 5.41) is 9.64. The molecule has 0 aliphatic rings.